The Morgan fingerprint density at radius 3 is 2.50 bits per heavy atom. The monoisotopic (exact) mass is 305 g/mol. The summed E-state index contributed by atoms with van der Waals surface area (Å²) in [4.78, 5) is 4.53. The molecule has 1 aromatic carbocycles. The van der Waals surface area contributed by atoms with Crippen molar-refractivity contribution in [3.8, 4) is 0 Å². The van der Waals surface area contributed by atoms with Gasteiger partial charge in [-0.1, -0.05) is 15.9 Å². The topological polar surface area (TPSA) is 43.8 Å². The van der Waals surface area contributed by atoms with Gasteiger partial charge in [-0.2, -0.15) is 0 Å². The molecule has 2 aromatic rings. The number of rotatable bonds is 3. The molecule has 0 saturated heterocycles. The van der Waals surface area contributed by atoms with Crippen LogP contribution in [0.1, 0.15) is 31.7 Å². The second kappa shape index (κ2) is 3.73. The SMILES string of the molecule is Nc1nc2cc(Br)ccc2n1C(C1CC1)C1CC1. The Hall–Kier alpha value is -1.03. The summed E-state index contributed by atoms with van der Waals surface area (Å²) in [6, 6.07) is 6.87. The largest absolute Gasteiger partial charge is 0.369 e. The van der Waals surface area contributed by atoms with Crippen LogP contribution in [0.5, 0.6) is 0 Å². The molecule has 2 aliphatic carbocycles. The van der Waals surface area contributed by atoms with Gasteiger partial charge in [0.2, 0.25) is 5.95 Å². The van der Waals surface area contributed by atoms with E-state index in [1.165, 1.54) is 31.2 Å². The summed E-state index contributed by atoms with van der Waals surface area (Å²) >= 11 is 3.50. The van der Waals surface area contributed by atoms with E-state index in [9.17, 15) is 0 Å². The van der Waals surface area contributed by atoms with Gasteiger partial charge in [-0.15, -0.1) is 0 Å². The predicted octanol–water partition coefficient (Wildman–Crippen LogP) is 3.74. The molecule has 4 heteroatoms. The van der Waals surface area contributed by atoms with E-state index in [2.05, 4.69) is 43.7 Å². The number of hydrogen-bond donors (Lipinski definition) is 1. The standard InChI is InChI=1S/C14H16BrN3/c15-10-5-6-12-11(7-10)17-14(16)18(12)13(8-1-2-8)9-3-4-9/h5-9,13H,1-4H2,(H2,16,17). The molecule has 4 rings (SSSR count). The molecule has 0 aliphatic heterocycles. The normalized spacial score (nSPS) is 19.9. The number of nitrogen functional groups attached to an aromatic ring is 1. The number of benzene rings is 1. The Morgan fingerprint density at radius 2 is 1.89 bits per heavy atom. The summed E-state index contributed by atoms with van der Waals surface area (Å²) in [7, 11) is 0. The fraction of sp³-hybridized carbons (Fsp3) is 0.500. The first-order valence-electron chi connectivity index (χ1n) is 6.67. The van der Waals surface area contributed by atoms with Gasteiger partial charge in [0.25, 0.3) is 0 Å². The summed E-state index contributed by atoms with van der Waals surface area (Å²) < 4.78 is 3.37. The zero-order chi connectivity index (χ0) is 12.3. The summed E-state index contributed by atoms with van der Waals surface area (Å²) in [5.41, 5.74) is 8.37. The molecule has 2 N–H and O–H groups in total. The van der Waals surface area contributed by atoms with Gasteiger partial charge in [-0.25, -0.2) is 4.98 Å². The molecule has 18 heavy (non-hydrogen) atoms. The first kappa shape index (κ1) is 10.9. The van der Waals surface area contributed by atoms with Crippen molar-refractivity contribution in [2.75, 3.05) is 5.73 Å². The lowest BCUT2D eigenvalue weighted by Gasteiger charge is -2.19. The van der Waals surface area contributed by atoms with Crippen LogP contribution in [0.2, 0.25) is 0 Å². The van der Waals surface area contributed by atoms with Crippen molar-refractivity contribution in [2.45, 2.75) is 31.7 Å². The van der Waals surface area contributed by atoms with E-state index in [1.807, 2.05) is 0 Å². The summed E-state index contributed by atoms with van der Waals surface area (Å²) in [5.74, 6) is 2.36. The van der Waals surface area contributed by atoms with Gasteiger partial charge in [0, 0.05) is 10.5 Å². The van der Waals surface area contributed by atoms with Crippen LogP contribution in [0.15, 0.2) is 22.7 Å². The molecule has 3 nitrogen and oxygen atoms in total. The maximum Gasteiger partial charge on any atom is 0.201 e. The molecule has 0 unspecified atom stereocenters. The highest BCUT2D eigenvalue weighted by Gasteiger charge is 2.43. The molecule has 1 aromatic heterocycles. The van der Waals surface area contributed by atoms with Crippen molar-refractivity contribution in [3.63, 3.8) is 0 Å². The average molecular weight is 306 g/mol. The molecule has 0 radical (unpaired) electrons. The van der Waals surface area contributed by atoms with Crippen LogP contribution >= 0.6 is 15.9 Å². The molecule has 0 atom stereocenters. The van der Waals surface area contributed by atoms with Crippen molar-refractivity contribution in [1.29, 1.82) is 0 Å². The molecular formula is C14H16BrN3. The van der Waals surface area contributed by atoms with Crippen molar-refractivity contribution in [2.24, 2.45) is 11.8 Å². The van der Waals surface area contributed by atoms with Gasteiger partial charge in [0.05, 0.1) is 11.0 Å². The Balaban J connectivity index is 1.89. The third kappa shape index (κ3) is 1.66. The number of nitrogens with two attached hydrogens (primary N) is 1. The predicted molar refractivity (Wildman–Crippen MR) is 76.3 cm³/mol. The van der Waals surface area contributed by atoms with Crippen LogP contribution in [0.4, 0.5) is 5.95 Å². The zero-order valence-electron chi connectivity index (χ0n) is 10.1. The summed E-state index contributed by atoms with van der Waals surface area (Å²) in [6.45, 7) is 0. The number of anilines is 1. The first-order chi connectivity index (χ1) is 8.74. The van der Waals surface area contributed by atoms with Gasteiger partial charge in [0.15, 0.2) is 0 Å². The Bertz CT molecular complexity index is 599. The number of hydrogen-bond acceptors (Lipinski definition) is 2. The molecule has 0 spiro atoms. The minimum absolute atomic E-state index is 0.594. The van der Waals surface area contributed by atoms with Crippen molar-refractivity contribution < 1.29 is 0 Å². The molecule has 1 heterocycles. The van der Waals surface area contributed by atoms with Crippen molar-refractivity contribution in [3.05, 3.63) is 22.7 Å². The molecule has 2 aliphatic rings. The zero-order valence-corrected chi connectivity index (χ0v) is 11.7. The summed E-state index contributed by atoms with van der Waals surface area (Å²) in [6.07, 6.45) is 5.43. The van der Waals surface area contributed by atoms with Crippen LogP contribution in [-0.2, 0) is 0 Å². The number of aromatic nitrogens is 2. The van der Waals surface area contributed by atoms with Crippen molar-refractivity contribution in [1.82, 2.24) is 9.55 Å². The lowest BCUT2D eigenvalue weighted by atomic mass is 10.1. The minimum atomic E-state index is 0.594. The molecule has 0 bridgehead atoms. The minimum Gasteiger partial charge on any atom is -0.369 e. The molecule has 2 fully saturated rings. The van der Waals surface area contributed by atoms with Crippen LogP contribution in [0, 0.1) is 11.8 Å². The third-order valence-electron chi connectivity index (χ3n) is 4.19. The number of halogens is 1. The van der Waals surface area contributed by atoms with Crippen LogP contribution in [0.3, 0.4) is 0 Å². The van der Waals surface area contributed by atoms with Crippen LogP contribution in [-0.4, -0.2) is 9.55 Å². The van der Waals surface area contributed by atoms with Crippen molar-refractivity contribution >= 4 is 32.9 Å². The maximum absolute atomic E-state index is 6.17. The van der Waals surface area contributed by atoms with E-state index in [0.29, 0.717) is 12.0 Å². The van der Waals surface area contributed by atoms with Gasteiger partial charge >= 0.3 is 0 Å². The van der Waals surface area contributed by atoms with E-state index in [4.69, 9.17) is 5.73 Å². The third-order valence-corrected chi connectivity index (χ3v) is 4.68. The van der Waals surface area contributed by atoms with E-state index in [0.717, 1.165) is 21.8 Å². The fourth-order valence-electron chi connectivity index (χ4n) is 3.09. The second-order valence-corrected chi connectivity index (χ2v) is 6.55. The highest BCUT2D eigenvalue weighted by molar-refractivity contribution is 9.10. The van der Waals surface area contributed by atoms with E-state index in [-0.39, 0.29) is 0 Å². The van der Waals surface area contributed by atoms with Gasteiger partial charge in [-0.05, 0) is 55.7 Å². The fourth-order valence-corrected chi connectivity index (χ4v) is 3.43. The highest BCUT2D eigenvalue weighted by atomic mass is 79.9. The second-order valence-electron chi connectivity index (χ2n) is 5.64. The maximum atomic E-state index is 6.17. The molecule has 0 amide bonds. The Morgan fingerprint density at radius 1 is 1.22 bits per heavy atom. The van der Waals surface area contributed by atoms with Crippen LogP contribution < -0.4 is 5.73 Å². The highest BCUT2D eigenvalue weighted by Crippen LogP contribution is 2.53. The summed E-state index contributed by atoms with van der Waals surface area (Å²) in [5, 5.41) is 0. The van der Waals surface area contributed by atoms with Gasteiger partial charge < -0.3 is 10.3 Å². The van der Waals surface area contributed by atoms with E-state index < -0.39 is 0 Å². The van der Waals surface area contributed by atoms with Gasteiger partial charge in [-0.3, -0.25) is 0 Å². The van der Waals surface area contributed by atoms with Crippen LogP contribution in [0.25, 0.3) is 11.0 Å². The molecule has 94 valence electrons. The van der Waals surface area contributed by atoms with Gasteiger partial charge in [0.1, 0.15) is 0 Å². The molecular weight excluding hydrogens is 290 g/mol. The van der Waals surface area contributed by atoms with E-state index in [1.54, 1.807) is 0 Å². The number of nitrogens with zero attached hydrogens (tertiary/aromatic N) is 2. The Labute approximate surface area is 115 Å². The lowest BCUT2D eigenvalue weighted by molar-refractivity contribution is 0.409. The number of imidazole rings is 1. The van der Waals surface area contributed by atoms with E-state index >= 15 is 0 Å². The quantitative estimate of drug-likeness (QED) is 0.938. The lowest BCUT2D eigenvalue weighted by Crippen LogP contribution is -2.15. The average Bonchev–Trinajstić information content (AvgIpc) is 3.21. The first-order valence-corrected chi connectivity index (χ1v) is 7.46. The smallest absolute Gasteiger partial charge is 0.201 e. The Kier molecular flexibility index (Phi) is 2.25. The number of fused-ring (bicyclic) bond motifs is 1. The molecule has 2 saturated carbocycles.